The van der Waals surface area contributed by atoms with E-state index in [0.717, 1.165) is 9.96 Å². The highest BCUT2D eigenvalue weighted by molar-refractivity contribution is 5.59. The maximum Gasteiger partial charge on any atom is 0.376 e. The lowest BCUT2D eigenvalue weighted by Crippen LogP contribution is -2.21. The number of fused-ring (bicyclic) bond motifs is 1. The number of nitro groups is 1. The lowest BCUT2D eigenvalue weighted by atomic mass is 10.1. The van der Waals surface area contributed by atoms with Crippen LogP contribution in [0.3, 0.4) is 0 Å². The fraction of sp³-hybridized carbons (Fsp3) is 0.125. The first-order valence-corrected chi connectivity index (χ1v) is 7.20. The van der Waals surface area contributed by atoms with Crippen LogP contribution >= 0.6 is 0 Å². The summed E-state index contributed by atoms with van der Waals surface area (Å²) < 4.78 is 14.3. The fourth-order valence-corrected chi connectivity index (χ4v) is 2.39. The van der Waals surface area contributed by atoms with E-state index in [1.807, 2.05) is 0 Å². The van der Waals surface area contributed by atoms with Crippen molar-refractivity contribution in [1.29, 1.82) is 0 Å². The second-order valence-electron chi connectivity index (χ2n) is 5.11. The van der Waals surface area contributed by atoms with Crippen molar-refractivity contribution in [3.05, 3.63) is 80.5 Å². The number of halogens is 1. The number of benzene rings is 1. The van der Waals surface area contributed by atoms with E-state index in [-0.39, 0.29) is 18.2 Å². The van der Waals surface area contributed by atoms with Gasteiger partial charge in [0.05, 0.1) is 4.92 Å². The second-order valence-corrected chi connectivity index (χ2v) is 5.11. The van der Waals surface area contributed by atoms with Gasteiger partial charge in [0.2, 0.25) is 5.82 Å². The zero-order chi connectivity index (χ0) is 17.1. The van der Waals surface area contributed by atoms with Crippen molar-refractivity contribution in [3.8, 4) is 0 Å². The molecule has 0 aliphatic heterocycles. The van der Waals surface area contributed by atoms with Crippen molar-refractivity contribution in [3.63, 3.8) is 0 Å². The first-order valence-electron chi connectivity index (χ1n) is 7.20. The number of nitrogens with one attached hydrogen (secondary N) is 1. The van der Waals surface area contributed by atoms with Gasteiger partial charge in [-0.2, -0.15) is 0 Å². The third-order valence-corrected chi connectivity index (χ3v) is 3.49. The highest BCUT2D eigenvalue weighted by Crippen LogP contribution is 2.18. The molecule has 0 saturated carbocycles. The maximum atomic E-state index is 13.1. The predicted octanol–water partition coefficient (Wildman–Crippen LogP) is 2.40. The Morgan fingerprint density at radius 3 is 2.83 bits per heavy atom. The molecule has 122 valence electrons. The molecule has 1 aromatic carbocycles. The van der Waals surface area contributed by atoms with E-state index in [4.69, 9.17) is 0 Å². The summed E-state index contributed by atoms with van der Waals surface area (Å²) in [6.45, 7) is 0.278. The third kappa shape index (κ3) is 3.07. The van der Waals surface area contributed by atoms with Gasteiger partial charge in [-0.3, -0.25) is 19.3 Å². The third-order valence-electron chi connectivity index (χ3n) is 3.49. The van der Waals surface area contributed by atoms with Crippen molar-refractivity contribution >= 4 is 17.2 Å². The molecule has 3 rings (SSSR count). The zero-order valence-corrected chi connectivity index (χ0v) is 12.5. The summed E-state index contributed by atoms with van der Waals surface area (Å²) in [5.41, 5.74) is -0.319. The summed E-state index contributed by atoms with van der Waals surface area (Å²) in [6, 6.07) is 10.9. The van der Waals surface area contributed by atoms with E-state index >= 15 is 0 Å². The Bertz CT molecular complexity index is 971. The minimum atomic E-state index is -0.751. The van der Waals surface area contributed by atoms with Crippen molar-refractivity contribution in [2.45, 2.75) is 6.42 Å². The normalized spacial score (nSPS) is 10.7. The van der Waals surface area contributed by atoms with E-state index < -0.39 is 16.2 Å². The molecule has 0 aliphatic carbocycles. The van der Waals surface area contributed by atoms with Gasteiger partial charge in [-0.05, 0) is 36.2 Å². The quantitative estimate of drug-likeness (QED) is 0.574. The van der Waals surface area contributed by atoms with E-state index in [1.54, 1.807) is 30.3 Å². The van der Waals surface area contributed by atoms with Crippen LogP contribution in [0.25, 0.3) is 5.65 Å². The number of rotatable bonds is 5. The second kappa shape index (κ2) is 6.45. The van der Waals surface area contributed by atoms with Crippen molar-refractivity contribution in [2.75, 3.05) is 11.9 Å². The molecule has 24 heavy (non-hydrogen) atoms. The zero-order valence-electron chi connectivity index (χ0n) is 12.5. The first kappa shape index (κ1) is 15.6. The van der Waals surface area contributed by atoms with Crippen molar-refractivity contribution in [2.24, 2.45) is 0 Å². The summed E-state index contributed by atoms with van der Waals surface area (Å²) in [6.07, 6.45) is 1.86. The van der Waals surface area contributed by atoms with E-state index in [9.17, 15) is 19.3 Å². The summed E-state index contributed by atoms with van der Waals surface area (Å²) in [4.78, 5) is 26.9. The first-order chi connectivity index (χ1) is 11.6. The Kier molecular flexibility index (Phi) is 4.19. The fourth-order valence-electron chi connectivity index (χ4n) is 2.39. The van der Waals surface area contributed by atoms with Crippen LogP contribution in [0.5, 0.6) is 0 Å². The summed E-state index contributed by atoms with van der Waals surface area (Å²) >= 11 is 0. The molecule has 0 radical (unpaired) electrons. The minimum Gasteiger partial charge on any atom is -0.364 e. The van der Waals surface area contributed by atoms with Gasteiger partial charge >= 0.3 is 11.2 Å². The number of hydrogen-bond donors (Lipinski definition) is 1. The van der Waals surface area contributed by atoms with Gasteiger partial charge in [0.1, 0.15) is 11.5 Å². The Balaban J connectivity index is 1.89. The lowest BCUT2D eigenvalue weighted by Gasteiger charge is -2.08. The SMILES string of the molecule is O=c1c([N+](=O)[O-])c(NCCc2cccc(F)c2)nc2ccccn12. The molecule has 8 heteroatoms. The molecule has 7 nitrogen and oxygen atoms in total. The van der Waals surface area contributed by atoms with Gasteiger partial charge in [-0.1, -0.05) is 18.2 Å². The number of pyridine rings is 1. The topological polar surface area (TPSA) is 89.5 Å². The molecule has 0 aliphatic rings. The summed E-state index contributed by atoms with van der Waals surface area (Å²) in [5, 5.41) is 14.0. The molecule has 0 bridgehead atoms. The average Bonchev–Trinajstić information content (AvgIpc) is 2.55. The predicted molar refractivity (Wildman–Crippen MR) is 86.7 cm³/mol. The summed E-state index contributed by atoms with van der Waals surface area (Å²) in [5.74, 6) is -0.437. The average molecular weight is 328 g/mol. The van der Waals surface area contributed by atoms with Crippen molar-refractivity contribution < 1.29 is 9.31 Å². The molecular weight excluding hydrogens is 315 g/mol. The highest BCUT2D eigenvalue weighted by Gasteiger charge is 2.23. The van der Waals surface area contributed by atoms with Gasteiger partial charge in [-0.25, -0.2) is 9.37 Å². The number of nitrogens with zero attached hydrogens (tertiary/aromatic N) is 3. The van der Waals surface area contributed by atoms with Gasteiger partial charge in [0, 0.05) is 12.7 Å². The molecular formula is C16H13FN4O3. The molecule has 3 aromatic rings. The molecule has 0 fully saturated rings. The van der Waals surface area contributed by atoms with E-state index in [2.05, 4.69) is 10.3 Å². The molecule has 2 heterocycles. The number of anilines is 1. The molecule has 0 unspecified atom stereocenters. The van der Waals surface area contributed by atoms with Crippen molar-refractivity contribution in [1.82, 2.24) is 9.38 Å². The van der Waals surface area contributed by atoms with Crippen LogP contribution in [-0.4, -0.2) is 20.9 Å². The Labute approximate surface area is 135 Å². The largest absolute Gasteiger partial charge is 0.376 e. The monoisotopic (exact) mass is 328 g/mol. The van der Waals surface area contributed by atoms with Gasteiger partial charge in [0.25, 0.3) is 0 Å². The van der Waals surface area contributed by atoms with Gasteiger partial charge in [-0.15, -0.1) is 0 Å². The van der Waals surface area contributed by atoms with Crippen LogP contribution < -0.4 is 10.9 Å². The Hall–Kier alpha value is -3.29. The highest BCUT2D eigenvalue weighted by atomic mass is 19.1. The number of hydrogen-bond acceptors (Lipinski definition) is 5. The van der Waals surface area contributed by atoms with Gasteiger partial charge < -0.3 is 5.32 Å². The standard InChI is InChI=1S/C16H13FN4O3/c17-12-5-3-4-11(10-12)7-8-18-15-14(21(23)24)16(22)20-9-2-1-6-13(20)19-15/h1-6,9-10,18H,7-8H2. The van der Waals surface area contributed by atoms with Crippen LogP contribution in [0.15, 0.2) is 53.5 Å². The van der Waals surface area contributed by atoms with E-state index in [1.165, 1.54) is 18.3 Å². The van der Waals surface area contributed by atoms with Crippen LogP contribution in [0, 0.1) is 15.9 Å². The Morgan fingerprint density at radius 2 is 2.08 bits per heavy atom. The van der Waals surface area contributed by atoms with E-state index in [0.29, 0.717) is 12.1 Å². The van der Waals surface area contributed by atoms with Crippen LogP contribution in [0.1, 0.15) is 5.56 Å². The molecule has 0 atom stereocenters. The van der Waals surface area contributed by atoms with Crippen LogP contribution in [-0.2, 0) is 6.42 Å². The molecule has 0 spiro atoms. The Morgan fingerprint density at radius 1 is 1.25 bits per heavy atom. The summed E-state index contributed by atoms with van der Waals surface area (Å²) in [7, 11) is 0. The number of aromatic nitrogens is 2. The molecule has 2 aromatic heterocycles. The van der Waals surface area contributed by atoms with Gasteiger partial charge in [0.15, 0.2) is 0 Å². The smallest absolute Gasteiger partial charge is 0.364 e. The van der Waals surface area contributed by atoms with Crippen LogP contribution in [0.2, 0.25) is 0 Å². The van der Waals surface area contributed by atoms with Crippen LogP contribution in [0.4, 0.5) is 15.9 Å². The molecule has 0 saturated heterocycles. The maximum absolute atomic E-state index is 13.1. The lowest BCUT2D eigenvalue weighted by molar-refractivity contribution is -0.385. The molecule has 1 N–H and O–H groups in total. The molecule has 0 amide bonds. The minimum absolute atomic E-state index is 0.0902.